The quantitative estimate of drug-likeness (QED) is 0.841. The Hall–Kier alpha value is -2.40. The number of nitrogens with one attached hydrogen (secondary N) is 1. The van der Waals surface area contributed by atoms with Crippen molar-refractivity contribution in [2.45, 2.75) is 31.5 Å². The number of benzene rings is 2. The zero-order chi connectivity index (χ0) is 19.4. The molecule has 1 heterocycles. The van der Waals surface area contributed by atoms with E-state index in [9.17, 15) is 9.59 Å². The third kappa shape index (κ3) is 4.14. The summed E-state index contributed by atoms with van der Waals surface area (Å²) in [5, 5.41) is 3.11. The van der Waals surface area contributed by atoms with Crippen molar-refractivity contribution in [3.63, 3.8) is 0 Å². The van der Waals surface area contributed by atoms with E-state index in [0.29, 0.717) is 16.1 Å². The van der Waals surface area contributed by atoms with Crippen molar-refractivity contribution in [2.24, 2.45) is 0 Å². The van der Waals surface area contributed by atoms with Crippen LogP contribution in [0.25, 0.3) is 0 Å². The summed E-state index contributed by atoms with van der Waals surface area (Å²) in [4.78, 5) is 26.5. The first-order chi connectivity index (χ1) is 12.9. The van der Waals surface area contributed by atoms with Gasteiger partial charge < -0.3 is 10.2 Å². The SMILES string of the molecule is CCC(=O)NC(C(=O)N1CCC(F)(c2ccccc2Cl)C1)c1ccccc1. The molecule has 1 saturated heterocycles. The Bertz CT molecular complexity index is 830. The van der Waals surface area contributed by atoms with E-state index >= 15 is 4.39 Å². The zero-order valence-electron chi connectivity index (χ0n) is 15.1. The van der Waals surface area contributed by atoms with Gasteiger partial charge in [-0.3, -0.25) is 9.59 Å². The molecule has 0 spiro atoms. The topological polar surface area (TPSA) is 49.4 Å². The first-order valence-electron chi connectivity index (χ1n) is 9.01. The molecule has 2 unspecified atom stereocenters. The molecule has 142 valence electrons. The molecule has 3 rings (SSSR count). The van der Waals surface area contributed by atoms with Crippen LogP contribution in [0.3, 0.4) is 0 Å². The monoisotopic (exact) mass is 388 g/mol. The van der Waals surface area contributed by atoms with Crippen LogP contribution in [0, 0.1) is 0 Å². The van der Waals surface area contributed by atoms with Crippen LogP contribution in [0.1, 0.15) is 36.9 Å². The van der Waals surface area contributed by atoms with Gasteiger partial charge in [0.1, 0.15) is 6.04 Å². The predicted molar refractivity (Wildman–Crippen MR) is 103 cm³/mol. The molecule has 2 aromatic rings. The number of rotatable bonds is 5. The summed E-state index contributed by atoms with van der Waals surface area (Å²) in [5.74, 6) is -0.538. The van der Waals surface area contributed by atoms with Crippen LogP contribution in [0.15, 0.2) is 54.6 Å². The number of carbonyl (C=O) groups excluding carboxylic acids is 2. The highest BCUT2D eigenvalue weighted by molar-refractivity contribution is 6.31. The normalized spacial score (nSPS) is 20.3. The number of alkyl halides is 1. The Labute approximate surface area is 163 Å². The summed E-state index contributed by atoms with van der Waals surface area (Å²) in [5.41, 5.74) is -0.612. The molecule has 0 aromatic heterocycles. The molecule has 1 aliphatic heterocycles. The molecule has 4 nitrogen and oxygen atoms in total. The minimum absolute atomic E-state index is 0.0824. The summed E-state index contributed by atoms with van der Waals surface area (Å²) in [7, 11) is 0. The molecule has 6 heteroatoms. The number of nitrogens with zero attached hydrogens (tertiary/aromatic N) is 1. The standard InChI is InChI=1S/C21H22ClFN2O2/c1-2-18(26)24-19(15-8-4-3-5-9-15)20(27)25-13-12-21(23,14-25)16-10-6-7-11-17(16)22/h3-11,19H,2,12-14H2,1H3,(H,24,26). The van der Waals surface area contributed by atoms with Crippen molar-refractivity contribution in [1.29, 1.82) is 0 Å². The Morgan fingerprint density at radius 2 is 1.85 bits per heavy atom. The van der Waals surface area contributed by atoms with Crippen LogP contribution in [0.4, 0.5) is 4.39 Å². The van der Waals surface area contributed by atoms with Crippen LogP contribution < -0.4 is 5.32 Å². The predicted octanol–water partition coefficient (Wildman–Crippen LogP) is 4.00. The van der Waals surface area contributed by atoms with Crippen LogP contribution in [-0.4, -0.2) is 29.8 Å². The van der Waals surface area contributed by atoms with E-state index in [1.807, 2.05) is 6.07 Å². The lowest BCUT2D eigenvalue weighted by molar-refractivity contribution is -0.136. The van der Waals surface area contributed by atoms with Gasteiger partial charge >= 0.3 is 0 Å². The number of hydrogen-bond acceptors (Lipinski definition) is 2. The number of halogens is 2. The van der Waals surface area contributed by atoms with Gasteiger partial charge in [0.05, 0.1) is 6.54 Å². The maximum absolute atomic E-state index is 15.5. The average molecular weight is 389 g/mol. The maximum Gasteiger partial charge on any atom is 0.249 e. The molecule has 0 aliphatic carbocycles. The third-order valence-corrected chi connectivity index (χ3v) is 5.22. The van der Waals surface area contributed by atoms with E-state index in [1.165, 1.54) is 4.90 Å². The Morgan fingerprint density at radius 1 is 1.19 bits per heavy atom. The summed E-state index contributed by atoms with van der Waals surface area (Å²) in [6.45, 7) is 1.91. The second-order valence-electron chi connectivity index (χ2n) is 6.72. The highest BCUT2D eigenvalue weighted by Crippen LogP contribution is 2.40. The molecular weight excluding hydrogens is 367 g/mol. The fourth-order valence-electron chi connectivity index (χ4n) is 3.38. The highest BCUT2D eigenvalue weighted by atomic mass is 35.5. The Balaban J connectivity index is 1.83. The van der Waals surface area contributed by atoms with Gasteiger partial charge in [-0.1, -0.05) is 67.1 Å². The lowest BCUT2D eigenvalue weighted by Crippen LogP contribution is -2.42. The third-order valence-electron chi connectivity index (χ3n) is 4.89. The number of likely N-dealkylation sites (tertiary alicyclic amines) is 1. The second-order valence-corrected chi connectivity index (χ2v) is 7.13. The van der Waals surface area contributed by atoms with Crippen molar-refractivity contribution >= 4 is 23.4 Å². The number of hydrogen-bond donors (Lipinski definition) is 1. The smallest absolute Gasteiger partial charge is 0.249 e. The van der Waals surface area contributed by atoms with E-state index in [0.717, 1.165) is 0 Å². The van der Waals surface area contributed by atoms with Gasteiger partial charge in [-0.15, -0.1) is 0 Å². The second kappa shape index (κ2) is 8.09. The van der Waals surface area contributed by atoms with E-state index in [-0.39, 0.29) is 37.7 Å². The van der Waals surface area contributed by atoms with E-state index in [1.54, 1.807) is 55.5 Å². The lowest BCUT2D eigenvalue weighted by atomic mass is 9.95. The van der Waals surface area contributed by atoms with Gasteiger partial charge in [-0.05, 0) is 11.6 Å². The van der Waals surface area contributed by atoms with E-state index in [2.05, 4.69) is 5.32 Å². The summed E-state index contributed by atoms with van der Waals surface area (Å²) in [6.07, 6.45) is 0.439. The van der Waals surface area contributed by atoms with Crippen LogP contribution >= 0.6 is 11.6 Å². The number of amides is 2. The van der Waals surface area contributed by atoms with Gasteiger partial charge in [-0.2, -0.15) is 0 Å². The average Bonchev–Trinajstić information content (AvgIpc) is 3.09. The molecule has 2 atom stereocenters. The molecule has 1 N–H and O–H groups in total. The van der Waals surface area contributed by atoms with Crippen molar-refractivity contribution in [3.05, 3.63) is 70.7 Å². The van der Waals surface area contributed by atoms with Crippen LogP contribution in [-0.2, 0) is 15.3 Å². The van der Waals surface area contributed by atoms with Crippen molar-refractivity contribution < 1.29 is 14.0 Å². The van der Waals surface area contributed by atoms with Gasteiger partial charge in [0, 0.05) is 30.0 Å². The summed E-state index contributed by atoms with van der Waals surface area (Å²) in [6, 6.07) is 15.0. The minimum atomic E-state index is -1.69. The van der Waals surface area contributed by atoms with Gasteiger partial charge in [0.25, 0.3) is 0 Å². The van der Waals surface area contributed by atoms with Crippen molar-refractivity contribution in [1.82, 2.24) is 10.2 Å². The molecular formula is C21H22ClFN2O2. The molecule has 2 amide bonds. The van der Waals surface area contributed by atoms with Gasteiger partial charge in [0.15, 0.2) is 5.67 Å². The fraction of sp³-hybridized carbons (Fsp3) is 0.333. The number of carbonyl (C=O) groups is 2. The minimum Gasteiger partial charge on any atom is -0.341 e. The molecule has 0 saturated carbocycles. The molecule has 0 radical (unpaired) electrons. The molecule has 0 bridgehead atoms. The largest absolute Gasteiger partial charge is 0.341 e. The highest BCUT2D eigenvalue weighted by Gasteiger charge is 2.44. The Kier molecular flexibility index (Phi) is 5.80. The summed E-state index contributed by atoms with van der Waals surface area (Å²) < 4.78 is 15.5. The van der Waals surface area contributed by atoms with E-state index in [4.69, 9.17) is 11.6 Å². The molecule has 1 aliphatic rings. The fourth-order valence-corrected chi connectivity index (χ4v) is 3.69. The lowest BCUT2D eigenvalue weighted by Gasteiger charge is -2.26. The molecule has 27 heavy (non-hydrogen) atoms. The first kappa shape index (κ1) is 19.4. The summed E-state index contributed by atoms with van der Waals surface area (Å²) >= 11 is 6.17. The van der Waals surface area contributed by atoms with Crippen LogP contribution in [0.5, 0.6) is 0 Å². The van der Waals surface area contributed by atoms with Crippen molar-refractivity contribution in [3.8, 4) is 0 Å². The zero-order valence-corrected chi connectivity index (χ0v) is 15.9. The molecule has 1 fully saturated rings. The van der Waals surface area contributed by atoms with Gasteiger partial charge in [-0.25, -0.2) is 4.39 Å². The Morgan fingerprint density at radius 3 is 2.52 bits per heavy atom. The first-order valence-corrected chi connectivity index (χ1v) is 9.39. The maximum atomic E-state index is 15.5. The van der Waals surface area contributed by atoms with E-state index < -0.39 is 11.7 Å². The molecule has 2 aromatic carbocycles. The van der Waals surface area contributed by atoms with Crippen molar-refractivity contribution in [2.75, 3.05) is 13.1 Å². The van der Waals surface area contributed by atoms with Crippen LogP contribution in [0.2, 0.25) is 5.02 Å². The van der Waals surface area contributed by atoms with Gasteiger partial charge in [0.2, 0.25) is 11.8 Å².